The molecule has 1 aliphatic rings. The average molecular weight is 319 g/mol. The molecule has 3 N–H and O–H groups in total. The summed E-state index contributed by atoms with van der Waals surface area (Å²) in [4.78, 5) is 23.4. The SMILES string of the molecule is CC(C)NC(=O)[C@@H]1C[C@H](N)CN1Cc1cnc(C(C)(C)C)nc1. The Morgan fingerprint density at radius 1 is 1.39 bits per heavy atom. The zero-order chi connectivity index (χ0) is 17.2. The van der Waals surface area contributed by atoms with Crippen molar-refractivity contribution in [1.82, 2.24) is 20.2 Å². The number of hydrogen-bond donors (Lipinski definition) is 2. The van der Waals surface area contributed by atoms with Crippen LogP contribution in [-0.4, -0.2) is 45.4 Å². The van der Waals surface area contributed by atoms with Crippen LogP contribution in [0.2, 0.25) is 0 Å². The van der Waals surface area contributed by atoms with Crippen LogP contribution in [0.5, 0.6) is 0 Å². The van der Waals surface area contributed by atoms with E-state index in [9.17, 15) is 4.79 Å². The highest BCUT2D eigenvalue weighted by Crippen LogP contribution is 2.21. The van der Waals surface area contributed by atoms with Gasteiger partial charge < -0.3 is 11.1 Å². The normalized spacial score (nSPS) is 22.6. The third kappa shape index (κ3) is 4.72. The molecule has 2 rings (SSSR count). The number of aromatic nitrogens is 2. The lowest BCUT2D eigenvalue weighted by molar-refractivity contribution is -0.126. The van der Waals surface area contributed by atoms with Crippen molar-refractivity contribution in [2.75, 3.05) is 6.54 Å². The standard InChI is InChI=1S/C17H29N5O/c1-11(2)21-15(23)14-6-13(18)10-22(14)9-12-7-19-16(20-8-12)17(3,4)5/h7-8,11,13-14H,6,9-10,18H2,1-5H3,(H,21,23)/t13-,14-/m0/s1. The molecule has 2 atom stereocenters. The topological polar surface area (TPSA) is 84.1 Å². The Bertz CT molecular complexity index is 535. The van der Waals surface area contributed by atoms with Gasteiger partial charge in [-0.15, -0.1) is 0 Å². The molecule has 1 amide bonds. The maximum Gasteiger partial charge on any atom is 0.237 e. The van der Waals surface area contributed by atoms with Gasteiger partial charge in [-0.25, -0.2) is 9.97 Å². The van der Waals surface area contributed by atoms with E-state index in [0.717, 1.165) is 17.9 Å². The molecule has 0 unspecified atom stereocenters. The second-order valence-electron chi connectivity index (χ2n) is 7.77. The van der Waals surface area contributed by atoms with Crippen LogP contribution in [-0.2, 0) is 16.8 Å². The number of nitrogens with zero attached hydrogens (tertiary/aromatic N) is 3. The molecule has 1 saturated heterocycles. The second-order valence-corrected chi connectivity index (χ2v) is 7.77. The first kappa shape index (κ1) is 17.8. The van der Waals surface area contributed by atoms with Crippen molar-refractivity contribution in [2.45, 2.75) is 71.1 Å². The Morgan fingerprint density at radius 3 is 2.52 bits per heavy atom. The monoisotopic (exact) mass is 319 g/mol. The highest BCUT2D eigenvalue weighted by molar-refractivity contribution is 5.82. The first-order valence-electron chi connectivity index (χ1n) is 8.28. The smallest absolute Gasteiger partial charge is 0.237 e. The van der Waals surface area contributed by atoms with Crippen LogP contribution in [0, 0.1) is 0 Å². The molecular weight excluding hydrogens is 290 g/mol. The Labute approximate surface area is 138 Å². The molecule has 128 valence electrons. The van der Waals surface area contributed by atoms with E-state index in [1.807, 2.05) is 26.2 Å². The lowest BCUT2D eigenvalue weighted by atomic mass is 9.96. The number of carbonyl (C=O) groups is 1. The maximum atomic E-state index is 12.3. The third-order valence-corrected chi connectivity index (χ3v) is 3.93. The van der Waals surface area contributed by atoms with Gasteiger partial charge >= 0.3 is 0 Å². The minimum atomic E-state index is -0.172. The molecule has 2 heterocycles. The summed E-state index contributed by atoms with van der Waals surface area (Å²) in [7, 11) is 0. The van der Waals surface area contributed by atoms with E-state index >= 15 is 0 Å². The predicted molar refractivity (Wildman–Crippen MR) is 90.8 cm³/mol. The van der Waals surface area contributed by atoms with E-state index in [1.54, 1.807) is 0 Å². The molecule has 1 aromatic rings. The summed E-state index contributed by atoms with van der Waals surface area (Å²) in [6.45, 7) is 11.6. The van der Waals surface area contributed by atoms with E-state index in [0.29, 0.717) is 13.0 Å². The van der Waals surface area contributed by atoms with Crippen LogP contribution >= 0.6 is 0 Å². The lowest BCUT2D eigenvalue weighted by Gasteiger charge is -2.24. The molecule has 0 aliphatic carbocycles. The average Bonchev–Trinajstić information content (AvgIpc) is 2.78. The number of amides is 1. The van der Waals surface area contributed by atoms with Crippen LogP contribution in [0.25, 0.3) is 0 Å². The largest absolute Gasteiger partial charge is 0.353 e. The van der Waals surface area contributed by atoms with Crippen molar-refractivity contribution in [2.24, 2.45) is 5.73 Å². The fourth-order valence-corrected chi connectivity index (χ4v) is 2.83. The van der Waals surface area contributed by atoms with Gasteiger partial charge in [0.05, 0.1) is 6.04 Å². The molecule has 6 nitrogen and oxygen atoms in total. The summed E-state index contributed by atoms with van der Waals surface area (Å²) in [5, 5.41) is 2.98. The molecule has 1 aromatic heterocycles. The minimum Gasteiger partial charge on any atom is -0.353 e. The Morgan fingerprint density at radius 2 is 2.00 bits per heavy atom. The predicted octanol–water partition coefficient (Wildman–Crippen LogP) is 1.20. The molecule has 23 heavy (non-hydrogen) atoms. The van der Waals surface area contributed by atoms with Crippen molar-refractivity contribution < 1.29 is 4.79 Å². The number of rotatable bonds is 4. The van der Waals surface area contributed by atoms with E-state index in [1.165, 1.54) is 0 Å². The maximum absolute atomic E-state index is 12.3. The Balaban J connectivity index is 2.06. The van der Waals surface area contributed by atoms with Gasteiger partial charge in [0.25, 0.3) is 0 Å². The molecule has 1 fully saturated rings. The van der Waals surface area contributed by atoms with Crippen molar-refractivity contribution in [1.29, 1.82) is 0 Å². The van der Waals surface area contributed by atoms with E-state index < -0.39 is 0 Å². The van der Waals surface area contributed by atoms with Crippen LogP contribution in [0.1, 0.15) is 52.4 Å². The summed E-state index contributed by atoms with van der Waals surface area (Å²) in [5.41, 5.74) is 7.01. The molecular formula is C17H29N5O. The highest BCUT2D eigenvalue weighted by atomic mass is 16.2. The van der Waals surface area contributed by atoms with Gasteiger partial charge in [0.2, 0.25) is 5.91 Å². The highest BCUT2D eigenvalue weighted by Gasteiger charge is 2.35. The van der Waals surface area contributed by atoms with Gasteiger partial charge in [-0.1, -0.05) is 20.8 Å². The number of carbonyl (C=O) groups excluding carboxylic acids is 1. The van der Waals surface area contributed by atoms with Gasteiger partial charge in [0.1, 0.15) is 5.82 Å². The van der Waals surface area contributed by atoms with Crippen LogP contribution in [0.4, 0.5) is 0 Å². The molecule has 0 bridgehead atoms. The number of hydrogen-bond acceptors (Lipinski definition) is 5. The molecule has 0 saturated carbocycles. The van der Waals surface area contributed by atoms with E-state index in [4.69, 9.17) is 5.73 Å². The molecule has 0 aromatic carbocycles. The number of likely N-dealkylation sites (tertiary alicyclic amines) is 1. The third-order valence-electron chi connectivity index (χ3n) is 3.93. The van der Waals surface area contributed by atoms with Crippen LogP contribution in [0.3, 0.4) is 0 Å². The summed E-state index contributed by atoms with van der Waals surface area (Å²) in [6.07, 6.45) is 4.41. The Kier molecular flexibility index (Phi) is 5.37. The van der Waals surface area contributed by atoms with E-state index in [2.05, 4.69) is 41.0 Å². The fraction of sp³-hybridized carbons (Fsp3) is 0.706. The van der Waals surface area contributed by atoms with Gasteiger partial charge in [0, 0.05) is 48.5 Å². The van der Waals surface area contributed by atoms with Crippen molar-refractivity contribution >= 4 is 5.91 Å². The van der Waals surface area contributed by atoms with E-state index in [-0.39, 0.29) is 29.4 Å². The zero-order valence-electron chi connectivity index (χ0n) is 14.8. The van der Waals surface area contributed by atoms with Crippen molar-refractivity contribution in [3.8, 4) is 0 Å². The van der Waals surface area contributed by atoms with Gasteiger partial charge in [0.15, 0.2) is 0 Å². The first-order valence-corrected chi connectivity index (χ1v) is 8.28. The van der Waals surface area contributed by atoms with Crippen LogP contribution in [0.15, 0.2) is 12.4 Å². The summed E-state index contributed by atoms with van der Waals surface area (Å²) in [5.74, 6) is 0.883. The first-order chi connectivity index (χ1) is 10.7. The summed E-state index contributed by atoms with van der Waals surface area (Å²) in [6, 6.07) is -0.00190. The Hall–Kier alpha value is -1.53. The van der Waals surface area contributed by atoms with Crippen molar-refractivity contribution in [3.05, 3.63) is 23.8 Å². The molecule has 1 aliphatic heterocycles. The summed E-state index contributed by atoms with van der Waals surface area (Å²) < 4.78 is 0. The molecule has 6 heteroatoms. The number of nitrogens with two attached hydrogens (primary N) is 1. The van der Waals surface area contributed by atoms with Crippen molar-refractivity contribution in [3.63, 3.8) is 0 Å². The molecule has 0 radical (unpaired) electrons. The molecule has 0 spiro atoms. The fourth-order valence-electron chi connectivity index (χ4n) is 2.83. The van der Waals surface area contributed by atoms with Gasteiger partial charge in [-0.2, -0.15) is 0 Å². The van der Waals surface area contributed by atoms with Crippen LogP contribution < -0.4 is 11.1 Å². The summed E-state index contributed by atoms with van der Waals surface area (Å²) >= 11 is 0. The quantitative estimate of drug-likeness (QED) is 0.871. The zero-order valence-corrected chi connectivity index (χ0v) is 14.8. The van der Waals surface area contributed by atoms with Gasteiger partial charge in [-0.05, 0) is 20.3 Å². The van der Waals surface area contributed by atoms with Gasteiger partial charge in [-0.3, -0.25) is 9.69 Å². The second kappa shape index (κ2) is 6.93. The lowest BCUT2D eigenvalue weighted by Crippen LogP contribution is -2.45. The minimum absolute atomic E-state index is 0.0349. The number of nitrogens with one attached hydrogen (secondary N) is 1.